The van der Waals surface area contributed by atoms with Gasteiger partial charge in [-0.15, -0.1) is 0 Å². The van der Waals surface area contributed by atoms with Gasteiger partial charge in [-0.25, -0.2) is 0 Å². The third kappa shape index (κ3) is 3.81. The first-order valence-electron chi connectivity index (χ1n) is 8.13. The number of rotatable bonds is 5. The Bertz CT molecular complexity index is 378. The van der Waals surface area contributed by atoms with Gasteiger partial charge >= 0.3 is 0 Å². The molecular formula is C17H27N3. The Kier molecular flexibility index (Phi) is 5.06. The van der Waals surface area contributed by atoms with Crippen LogP contribution in [0.5, 0.6) is 0 Å². The maximum absolute atomic E-state index is 3.48. The molecule has 2 saturated heterocycles. The van der Waals surface area contributed by atoms with Crippen LogP contribution in [-0.4, -0.2) is 61.7 Å². The van der Waals surface area contributed by atoms with Gasteiger partial charge in [-0.05, 0) is 37.9 Å². The highest BCUT2D eigenvalue weighted by molar-refractivity contribution is 5.14. The molecule has 2 aliphatic heterocycles. The summed E-state index contributed by atoms with van der Waals surface area (Å²) in [5, 5.41) is 3.48. The van der Waals surface area contributed by atoms with Gasteiger partial charge in [-0.2, -0.15) is 0 Å². The van der Waals surface area contributed by atoms with E-state index in [-0.39, 0.29) is 0 Å². The van der Waals surface area contributed by atoms with Gasteiger partial charge in [0.05, 0.1) is 0 Å². The van der Waals surface area contributed by atoms with E-state index in [1.54, 1.807) is 0 Å². The van der Waals surface area contributed by atoms with Gasteiger partial charge in [0.1, 0.15) is 0 Å². The molecule has 1 aromatic carbocycles. The Balaban J connectivity index is 1.34. The molecule has 0 radical (unpaired) electrons. The molecule has 20 heavy (non-hydrogen) atoms. The topological polar surface area (TPSA) is 18.5 Å². The fourth-order valence-electron chi connectivity index (χ4n) is 3.45. The lowest BCUT2D eigenvalue weighted by Gasteiger charge is -2.37. The van der Waals surface area contributed by atoms with E-state index in [4.69, 9.17) is 0 Å². The average molecular weight is 273 g/mol. The molecule has 0 aromatic heterocycles. The molecule has 0 spiro atoms. The van der Waals surface area contributed by atoms with Crippen LogP contribution in [0.2, 0.25) is 0 Å². The minimum absolute atomic E-state index is 0.807. The molecule has 0 aliphatic carbocycles. The molecule has 0 amide bonds. The first-order valence-corrected chi connectivity index (χ1v) is 8.13. The summed E-state index contributed by atoms with van der Waals surface area (Å²) < 4.78 is 0. The lowest BCUT2D eigenvalue weighted by Crippen LogP contribution is -2.51. The second kappa shape index (κ2) is 7.21. The molecule has 1 aromatic rings. The summed E-state index contributed by atoms with van der Waals surface area (Å²) in [6, 6.07) is 11.7. The third-order valence-electron chi connectivity index (χ3n) is 4.74. The molecule has 1 atom stereocenters. The molecule has 1 N–H and O–H groups in total. The lowest BCUT2D eigenvalue weighted by molar-refractivity contribution is 0.102. The predicted octanol–water partition coefficient (Wildman–Crippen LogP) is 1.60. The Labute approximate surface area is 123 Å². The zero-order valence-electron chi connectivity index (χ0n) is 12.4. The summed E-state index contributed by atoms with van der Waals surface area (Å²) in [6.45, 7) is 8.70. The summed E-state index contributed by atoms with van der Waals surface area (Å²) in [6.07, 6.45) is 3.84. The molecule has 2 fully saturated rings. The van der Waals surface area contributed by atoms with E-state index in [2.05, 4.69) is 45.4 Å². The van der Waals surface area contributed by atoms with Crippen LogP contribution in [-0.2, 0) is 6.42 Å². The molecular weight excluding hydrogens is 246 g/mol. The van der Waals surface area contributed by atoms with Gasteiger partial charge in [0, 0.05) is 38.8 Å². The number of nitrogens with one attached hydrogen (secondary N) is 1. The molecule has 0 saturated carbocycles. The van der Waals surface area contributed by atoms with E-state index < -0.39 is 0 Å². The van der Waals surface area contributed by atoms with Gasteiger partial charge in [-0.1, -0.05) is 30.3 Å². The van der Waals surface area contributed by atoms with Crippen molar-refractivity contribution >= 4 is 0 Å². The Morgan fingerprint density at radius 1 is 1.05 bits per heavy atom. The molecule has 2 aliphatic rings. The van der Waals surface area contributed by atoms with Gasteiger partial charge in [0.2, 0.25) is 0 Å². The number of aryl methyl sites for hydroxylation is 1. The Morgan fingerprint density at radius 2 is 1.85 bits per heavy atom. The van der Waals surface area contributed by atoms with E-state index in [0.29, 0.717) is 0 Å². The summed E-state index contributed by atoms with van der Waals surface area (Å²) in [4.78, 5) is 5.33. The average Bonchev–Trinajstić information content (AvgIpc) is 3.03. The second-order valence-corrected chi connectivity index (χ2v) is 6.11. The maximum Gasteiger partial charge on any atom is 0.0233 e. The van der Waals surface area contributed by atoms with Crippen molar-refractivity contribution in [3.8, 4) is 0 Å². The second-order valence-electron chi connectivity index (χ2n) is 6.11. The van der Waals surface area contributed by atoms with Crippen molar-refractivity contribution in [1.29, 1.82) is 0 Å². The van der Waals surface area contributed by atoms with E-state index in [1.165, 1.54) is 70.6 Å². The molecule has 3 nitrogen and oxygen atoms in total. The zero-order chi connectivity index (χ0) is 13.6. The third-order valence-corrected chi connectivity index (χ3v) is 4.74. The van der Waals surface area contributed by atoms with Crippen molar-refractivity contribution in [1.82, 2.24) is 15.1 Å². The van der Waals surface area contributed by atoms with Crippen molar-refractivity contribution in [2.24, 2.45) is 0 Å². The molecule has 0 bridgehead atoms. The van der Waals surface area contributed by atoms with Crippen LogP contribution in [0, 0.1) is 0 Å². The zero-order valence-corrected chi connectivity index (χ0v) is 12.4. The molecule has 110 valence electrons. The minimum Gasteiger partial charge on any atom is -0.315 e. The molecule has 0 unspecified atom stereocenters. The summed E-state index contributed by atoms with van der Waals surface area (Å²) in [5.41, 5.74) is 1.48. The van der Waals surface area contributed by atoms with E-state index in [0.717, 1.165) is 6.04 Å². The van der Waals surface area contributed by atoms with Crippen LogP contribution in [0.15, 0.2) is 30.3 Å². The summed E-state index contributed by atoms with van der Waals surface area (Å²) >= 11 is 0. The highest BCUT2D eigenvalue weighted by Crippen LogP contribution is 2.12. The summed E-state index contributed by atoms with van der Waals surface area (Å²) in [7, 11) is 0. The fourth-order valence-corrected chi connectivity index (χ4v) is 3.45. The van der Waals surface area contributed by atoms with Crippen molar-refractivity contribution in [2.45, 2.75) is 25.3 Å². The Hall–Kier alpha value is -0.900. The van der Waals surface area contributed by atoms with Gasteiger partial charge in [-0.3, -0.25) is 4.90 Å². The Morgan fingerprint density at radius 3 is 2.55 bits per heavy atom. The van der Waals surface area contributed by atoms with Gasteiger partial charge in [0.25, 0.3) is 0 Å². The normalized spacial score (nSPS) is 25.1. The molecule has 3 rings (SSSR count). The number of hydrogen-bond donors (Lipinski definition) is 1. The van der Waals surface area contributed by atoms with Crippen LogP contribution < -0.4 is 5.32 Å². The quantitative estimate of drug-likeness (QED) is 0.879. The SMILES string of the molecule is c1ccc(CCCN2CCN([C@@H]3CCNC3)CC2)cc1. The molecule has 3 heteroatoms. The summed E-state index contributed by atoms with van der Waals surface area (Å²) in [5.74, 6) is 0. The number of nitrogens with zero attached hydrogens (tertiary/aromatic N) is 2. The van der Waals surface area contributed by atoms with Crippen LogP contribution in [0.25, 0.3) is 0 Å². The van der Waals surface area contributed by atoms with Crippen molar-refractivity contribution in [3.05, 3.63) is 35.9 Å². The first-order chi connectivity index (χ1) is 9.92. The largest absolute Gasteiger partial charge is 0.315 e. The van der Waals surface area contributed by atoms with Gasteiger partial charge in [0.15, 0.2) is 0 Å². The number of piperazine rings is 1. The van der Waals surface area contributed by atoms with Crippen molar-refractivity contribution in [2.75, 3.05) is 45.8 Å². The van der Waals surface area contributed by atoms with E-state index in [1.807, 2.05) is 0 Å². The highest BCUT2D eigenvalue weighted by Gasteiger charge is 2.25. The van der Waals surface area contributed by atoms with Crippen molar-refractivity contribution in [3.63, 3.8) is 0 Å². The van der Waals surface area contributed by atoms with Crippen LogP contribution in [0.4, 0.5) is 0 Å². The molecule has 2 heterocycles. The standard InChI is InChI=1S/C17H27N3/c1-2-5-16(6-3-1)7-4-10-19-11-13-20(14-12-19)17-8-9-18-15-17/h1-3,5-6,17-18H,4,7-15H2/t17-/m1/s1. The lowest BCUT2D eigenvalue weighted by atomic mass is 10.1. The monoisotopic (exact) mass is 273 g/mol. The van der Waals surface area contributed by atoms with Crippen LogP contribution in [0.1, 0.15) is 18.4 Å². The maximum atomic E-state index is 3.48. The first kappa shape index (κ1) is 14.1. The van der Waals surface area contributed by atoms with E-state index in [9.17, 15) is 0 Å². The van der Waals surface area contributed by atoms with Gasteiger partial charge < -0.3 is 10.2 Å². The number of hydrogen-bond acceptors (Lipinski definition) is 3. The smallest absolute Gasteiger partial charge is 0.0233 e. The van der Waals surface area contributed by atoms with E-state index >= 15 is 0 Å². The fraction of sp³-hybridized carbons (Fsp3) is 0.647. The van der Waals surface area contributed by atoms with Crippen LogP contribution in [0.3, 0.4) is 0 Å². The number of benzene rings is 1. The predicted molar refractivity (Wildman–Crippen MR) is 84.1 cm³/mol. The van der Waals surface area contributed by atoms with Crippen molar-refractivity contribution < 1.29 is 0 Å². The van der Waals surface area contributed by atoms with Crippen LogP contribution >= 0.6 is 0 Å². The highest BCUT2D eigenvalue weighted by atomic mass is 15.3. The minimum atomic E-state index is 0.807.